The zero-order valence-electron chi connectivity index (χ0n) is 35.4. The Kier molecular flexibility index (Phi) is 40.2. The molecule has 0 saturated heterocycles. The molecular formula is C47H89NO5. The maximum atomic E-state index is 13.1. The Morgan fingerprint density at radius 2 is 0.962 bits per heavy atom. The normalized spacial score (nSPS) is 13.5. The highest BCUT2D eigenvalue weighted by Crippen LogP contribution is 2.17. The highest BCUT2D eigenvalue weighted by Gasteiger charge is 2.24. The van der Waals surface area contributed by atoms with Crippen LogP contribution in [0.4, 0.5) is 0 Å². The first-order valence-electron chi connectivity index (χ1n) is 23.1. The summed E-state index contributed by atoms with van der Waals surface area (Å²) in [7, 11) is 0. The average Bonchev–Trinajstić information content (AvgIpc) is 3.15. The highest BCUT2D eigenvalue weighted by molar-refractivity contribution is 5.77. The van der Waals surface area contributed by atoms with Gasteiger partial charge in [0.05, 0.1) is 25.2 Å². The standard InChI is InChI=1S/C47H89NO5/c1-4-7-10-13-16-18-20-21-22-23-24-25-26-28-31-34-37-40-47(52)53-43(38-35-32-29-15-12-9-6-3)41-46(51)48-44(42-49)45(50)39-36-33-30-27-19-17-14-11-8-5-2/h16,18,21-22,43-45,49-50H,4-15,17,19-20,23-42H2,1-3H3,(H,48,51)/b18-16-,22-21-. The molecule has 0 aliphatic rings. The number of esters is 1. The van der Waals surface area contributed by atoms with Crippen molar-refractivity contribution in [3.63, 3.8) is 0 Å². The van der Waals surface area contributed by atoms with Gasteiger partial charge in [-0.25, -0.2) is 0 Å². The van der Waals surface area contributed by atoms with Crippen molar-refractivity contribution < 1.29 is 24.5 Å². The van der Waals surface area contributed by atoms with Crippen LogP contribution in [-0.4, -0.2) is 46.9 Å². The van der Waals surface area contributed by atoms with E-state index in [-0.39, 0.29) is 24.9 Å². The summed E-state index contributed by atoms with van der Waals surface area (Å²) in [6.07, 6.45) is 45.3. The Hall–Kier alpha value is -1.66. The Bertz CT molecular complexity index is 843. The van der Waals surface area contributed by atoms with Crippen LogP contribution in [0.1, 0.15) is 239 Å². The van der Waals surface area contributed by atoms with Gasteiger partial charge in [0.15, 0.2) is 0 Å². The topological polar surface area (TPSA) is 95.9 Å². The molecule has 0 rings (SSSR count). The molecule has 3 unspecified atom stereocenters. The van der Waals surface area contributed by atoms with Gasteiger partial charge in [0.2, 0.25) is 5.91 Å². The quantitative estimate of drug-likeness (QED) is 0.0329. The van der Waals surface area contributed by atoms with E-state index in [1.807, 2.05) is 0 Å². The number of allylic oxidation sites excluding steroid dienone is 4. The summed E-state index contributed by atoms with van der Waals surface area (Å²) >= 11 is 0. The fourth-order valence-electron chi connectivity index (χ4n) is 6.99. The third-order valence-corrected chi connectivity index (χ3v) is 10.5. The second-order valence-electron chi connectivity index (χ2n) is 15.8. The van der Waals surface area contributed by atoms with Crippen LogP contribution in [0.5, 0.6) is 0 Å². The largest absolute Gasteiger partial charge is 0.462 e. The minimum atomic E-state index is -0.781. The van der Waals surface area contributed by atoms with Crippen LogP contribution in [0, 0.1) is 0 Å². The summed E-state index contributed by atoms with van der Waals surface area (Å²) in [5.41, 5.74) is 0. The summed E-state index contributed by atoms with van der Waals surface area (Å²) < 4.78 is 5.87. The molecule has 312 valence electrons. The van der Waals surface area contributed by atoms with E-state index >= 15 is 0 Å². The van der Waals surface area contributed by atoms with Crippen LogP contribution in [0.15, 0.2) is 24.3 Å². The fourth-order valence-corrected chi connectivity index (χ4v) is 6.99. The van der Waals surface area contributed by atoms with E-state index in [2.05, 4.69) is 50.4 Å². The maximum Gasteiger partial charge on any atom is 0.306 e. The Morgan fingerprint density at radius 1 is 0.547 bits per heavy atom. The molecular weight excluding hydrogens is 659 g/mol. The summed E-state index contributed by atoms with van der Waals surface area (Å²) in [6.45, 7) is 6.41. The zero-order valence-corrected chi connectivity index (χ0v) is 35.4. The molecule has 0 aromatic rings. The molecule has 1 amide bonds. The lowest BCUT2D eigenvalue weighted by Crippen LogP contribution is -2.46. The van der Waals surface area contributed by atoms with Gasteiger partial charge in [-0.1, -0.05) is 193 Å². The number of nitrogens with one attached hydrogen (secondary N) is 1. The molecule has 6 nitrogen and oxygen atoms in total. The molecule has 0 fully saturated rings. The number of aliphatic hydroxyl groups is 2. The molecule has 3 N–H and O–H groups in total. The van der Waals surface area contributed by atoms with Crippen LogP contribution < -0.4 is 5.32 Å². The van der Waals surface area contributed by atoms with Crippen LogP contribution in [-0.2, 0) is 14.3 Å². The summed E-state index contributed by atoms with van der Waals surface area (Å²) in [5, 5.41) is 23.5. The monoisotopic (exact) mass is 748 g/mol. The molecule has 0 spiro atoms. The molecule has 0 bridgehead atoms. The van der Waals surface area contributed by atoms with Gasteiger partial charge in [0.1, 0.15) is 6.10 Å². The number of amides is 1. The van der Waals surface area contributed by atoms with Crippen LogP contribution in [0.3, 0.4) is 0 Å². The number of hydrogen-bond donors (Lipinski definition) is 3. The third-order valence-electron chi connectivity index (χ3n) is 10.5. The van der Waals surface area contributed by atoms with Gasteiger partial charge >= 0.3 is 5.97 Å². The van der Waals surface area contributed by atoms with Gasteiger partial charge in [0.25, 0.3) is 0 Å². The number of carbonyl (C=O) groups is 2. The van der Waals surface area contributed by atoms with E-state index in [4.69, 9.17) is 4.74 Å². The number of rotatable bonds is 41. The lowest BCUT2D eigenvalue weighted by molar-refractivity contribution is -0.151. The first kappa shape index (κ1) is 51.3. The third kappa shape index (κ3) is 37.1. The van der Waals surface area contributed by atoms with Gasteiger partial charge in [-0.15, -0.1) is 0 Å². The van der Waals surface area contributed by atoms with E-state index in [9.17, 15) is 19.8 Å². The van der Waals surface area contributed by atoms with Crippen molar-refractivity contribution in [2.75, 3.05) is 6.61 Å². The SMILES string of the molecule is CCCCC/C=C\C/C=C\CCCCCCCCCC(=O)OC(CCCCCCCCC)CC(=O)NC(CO)C(O)CCCCCCCCCCCC. The molecule has 53 heavy (non-hydrogen) atoms. The van der Waals surface area contributed by atoms with Crippen molar-refractivity contribution in [2.45, 2.75) is 257 Å². The number of unbranched alkanes of at least 4 members (excludes halogenated alkanes) is 25. The zero-order chi connectivity index (χ0) is 38.9. The van der Waals surface area contributed by atoms with E-state index in [0.717, 1.165) is 70.6 Å². The van der Waals surface area contributed by atoms with Gasteiger partial charge in [-0.3, -0.25) is 9.59 Å². The van der Waals surface area contributed by atoms with E-state index in [1.54, 1.807) is 0 Å². The highest BCUT2D eigenvalue weighted by atomic mass is 16.5. The minimum absolute atomic E-state index is 0.0774. The molecule has 0 aliphatic carbocycles. The van der Waals surface area contributed by atoms with E-state index in [0.29, 0.717) is 19.3 Å². The molecule has 0 aromatic heterocycles. The Morgan fingerprint density at radius 3 is 1.47 bits per heavy atom. The van der Waals surface area contributed by atoms with Gasteiger partial charge in [-0.05, 0) is 57.8 Å². The summed E-state index contributed by atoms with van der Waals surface area (Å²) in [5.74, 6) is -0.481. The number of carbonyl (C=O) groups excluding carboxylic acids is 2. The first-order valence-corrected chi connectivity index (χ1v) is 23.1. The van der Waals surface area contributed by atoms with Crippen molar-refractivity contribution in [3.8, 4) is 0 Å². The summed E-state index contributed by atoms with van der Waals surface area (Å²) in [4.78, 5) is 25.9. The van der Waals surface area contributed by atoms with Crippen molar-refractivity contribution in [2.24, 2.45) is 0 Å². The first-order chi connectivity index (χ1) is 26.0. The van der Waals surface area contributed by atoms with Crippen LogP contribution in [0.2, 0.25) is 0 Å². The molecule has 0 radical (unpaired) electrons. The fraction of sp³-hybridized carbons (Fsp3) is 0.872. The van der Waals surface area contributed by atoms with Crippen molar-refractivity contribution in [1.29, 1.82) is 0 Å². The number of hydrogen-bond acceptors (Lipinski definition) is 5. The Balaban J connectivity index is 4.40. The van der Waals surface area contributed by atoms with E-state index < -0.39 is 18.2 Å². The lowest BCUT2D eigenvalue weighted by Gasteiger charge is -2.24. The van der Waals surface area contributed by atoms with Crippen LogP contribution in [0.25, 0.3) is 0 Å². The van der Waals surface area contributed by atoms with Gasteiger partial charge in [0, 0.05) is 6.42 Å². The molecule has 6 heteroatoms. The van der Waals surface area contributed by atoms with Crippen molar-refractivity contribution >= 4 is 11.9 Å². The second-order valence-corrected chi connectivity index (χ2v) is 15.8. The smallest absolute Gasteiger partial charge is 0.306 e. The van der Waals surface area contributed by atoms with Gasteiger partial charge < -0.3 is 20.3 Å². The van der Waals surface area contributed by atoms with E-state index in [1.165, 1.54) is 122 Å². The van der Waals surface area contributed by atoms with Crippen molar-refractivity contribution in [1.82, 2.24) is 5.32 Å². The molecule has 0 saturated carbocycles. The minimum Gasteiger partial charge on any atom is -0.462 e. The molecule has 0 aromatic carbocycles. The molecule has 0 aliphatic heterocycles. The predicted octanol–water partition coefficient (Wildman–Crippen LogP) is 13.2. The Labute approximate surface area is 329 Å². The predicted molar refractivity (Wildman–Crippen MR) is 227 cm³/mol. The second kappa shape index (κ2) is 41.5. The maximum absolute atomic E-state index is 13.1. The number of aliphatic hydroxyl groups excluding tert-OH is 2. The van der Waals surface area contributed by atoms with Gasteiger partial charge in [-0.2, -0.15) is 0 Å². The van der Waals surface area contributed by atoms with Crippen molar-refractivity contribution in [3.05, 3.63) is 24.3 Å². The number of ether oxygens (including phenoxy) is 1. The summed E-state index contributed by atoms with van der Waals surface area (Å²) in [6, 6.07) is -0.695. The molecule has 0 heterocycles. The average molecular weight is 748 g/mol. The molecule has 3 atom stereocenters. The van der Waals surface area contributed by atoms with Crippen LogP contribution >= 0.6 is 0 Å². The lowest BCUT2D eigenvalue weighted by atomic mass is 10.0.